The van der Waals surface area contributed by atoms with Crippen molar-refractivity contribution in [3.8, 4) is 0 Å². The van der Waals surface area contributed by atoms with Gasteiger partial charge in [-0.1, -0.05) is 0 Å². The summed E-state index contributed by atoms with van der Waals surface area (Å²) in [7, 11) is -3.52. The standard InChI is InChI=1S/C17H26N4O3S2/c22-17(20-3-1-13-10-18-11-14(13)2-4-20)16-9-15(12-19-16)26(23,24)21-5-7-25-8-6-21/h9,12-14,18-19H,1-8,10-11H2/t13-,14+. The Labute approximate surface area is 158 Å². The van der Waals surface area contributed by atoms with E-state index >= 15 is 0 Å². The van der Waals surface area contributed by atoms with Gasteiger partial charge in [-0.3, -0.25) is 4.79 Å². The number of hydrogen-bond donors (Lipinski definition) is 2. The Hall–Kier alpha value is -1.03. The van der Waals surface area contributed by atoms with E-state index in [0.29, 0.717) is 30.6 Å². The van der Waals surface area contributed by atoms with Gasteiger partial charge in [0.25, 0.3) is 5.91 Å². The van der Waals surface area contributed by atoms with Crippen LogP contribution in [0.25, 0.3) is 0 Å². The van der Waals surface area contributed by atoms with E-state index in [-0.39, 0.29) is 10.8 Å². The Balaban J connectivity index is 1.46. The summed E-state index contributed by atoms with van der Waals surface area (Å²) in [6, 6.07) is 1.51. The number of nitrogens with one attached hydrogen (secondary N) is 2. The lowest BCUT2D eigenvalue weighted by Crippen LogP contribution is -2.37. The maximum atomic E-state index is 12.9. The molecule has 0 saturated carbocycles. The predicted molar refractivity (Wildman–Crippen MR) is 102 cm³/mol. The Kier molecular flexibility index (Phi) is 5.31. The number of aromatic amines is 1. The molecule has 3 saturated heterocycles. The lowest BCUT2D eigenvalue weighted by Gasteiger charge is -2.25. The van der Waals surface area contributed by atoms with Crippen molar-refractivity contribution in [3.05, 3.63) is 18.0 Å². The zero-order valence-electron chi connectivity index (χ0n) is 14.8. The molecule has 0 aliphatic carbocycles. The van der Waals surface area contributed by atoms with Crippen LogP contribution < -0.4 is 5.32 Å². The number of nitrogens with zero attached hydrogens (tertiary/aromatic N) is 2. The van der Waals surface area contributed by atoms with Gasteiger partial charge in [-0.15, -0.1) is 0 Å². The number of hydrogen-bond acceptors (Lipinski definition) is 5. The Morgan fingerprint density at radius 3 is 2.38 bits per heavy atom. The molecule has 7 nitrogen and oxygen atoms in total. The van der Waals surface area contributed by atoms with Crippen molar-refractivity contribution in [2.75, 3.05) is 50.8 Å². The fraction of sp³-hybridized carbons (Fsp3) is 0.706. The molecule has 2 atom stereocenters. The molecule has 2 N–H and O–H groups in total. The average Bonchev–Trinajstić information content (AvgIpc) is 3.28. The van der Waals surface area contributed by atoms with Crippen LogP contribution in [0.5, 0.6) is 0 Å². The minimum Gasteiger partial charge on any atom is -0.356 e. The molecule has 4 rings (SSSR count). The van der Waals surface area contributed by atoms with E-state index in [4.69, 9.17) is 0 Å². The smallest absolute Gasteiger partial charge is 0.270 e. The molecule has 3 aliphatic rings. The quantitative estimate of drug-likeness (QED) is 0.788. The van der Waals surface area contributed by atoms with Crippen molar-refractivity contribution in [2.45, 2.75) is 17.7 Å². The molecule has 0 bridgehead atoms. The van der Waals surface area contributed by atoms with Crippen LogP contribution >= 0.6 is 11.8 Å². The van der Waals surface area contributed by atoms with Crippen LogP contribution in [0.3, 0.4) is 0 Å². The summed E-state index contributed by atoms with van der Waals surface area (Å²) in [5.74, 6) is 2.86. The third kappa shape index (κ3) is 3.54. The van der Waals surface area contributed by atoms with Gasteiger partial charge in [0.15, 0.2) is 0 Å². The monoisotopic (exact) mass is 398 g/mol. The number of sulfonamides is 1. The summed E-state index contributed by atoms with van der Waals surface area (Å²) in [6.07, 6.45) is 3.49. The van der Waals surface area contributed by atoms with Crippen LogP contribution in [0.4, 0.5) is 0 Å². The van der Waals surface area contributed by atoms with Crippen molar-refractivity contribution < 1.29 is 13.2 Å². The van der Waals surface area contributed by atoms with Crippen LogP contribution in [0.2, 0.25) is 0 Å². The molecule has 9 heteroatoms. The van der Waals surface area contributed by atoms with Gasteiger partial charge in [0.1, 0.15) is 10.6 Å². The highest BCUT2D eigenvalue weighted by Gasteiger charge is 2.33. The number of thioether (sulfide) groups is 1. The number of carbonyl (C=O) groups is 1. The number of fused-ring (bicyclic) bond motifs is 1. The molecule has 3 fully saturated rings. The lowest BCUT2D eigenvalue weighted by atomic mass is 9.92. The molecule has 0 unspecified atom stereocenters. The zero-order chi connectivity index (χ0) is 18.1. The summed E-state index contributed by atoms with van der Waals surface area (Å²) in [6.45, 7) is 4.64. The minimum absolute atomic E-state index is 0.0893. The molecule has 1 aromatic heterocycles. The normalized spacial score (nSPS) is 27.9. The number of carbonyl (C=O) groups excluding carboxylic acids is 1. The maximum absolute atomic E-state index is 12.9. The summed E-state index contributed by atoms with van der Waals surface area (Å²) in [5.41, 5.74) is 0.375. The molecular weight excluding hydrogens is 372 g/mol. The first kappa shape index (κ1) is 18.3. The Morgan fingerprint density at radius 2 is 1.73 bits per heavy atom. The van der Waals surface area contributed by atoms with E-state index in [9.17, 15) is 13.2 Å². The average molecular weight is 399 g/mol. The molecule has 4 heterocycles. The van der Waals surface area contributed by atoms with Gasteiger partial charge in [-0.05, 0) is 43.8 Å². The van der Waals surface area contributed by atoms with Crippen molar-refractivity contribution in [3.63, 3.8) is 0 Å². The second-order valence-corrected chi connectivity index (χ2v) is 10.5. The highest BCUT2D eigenvalue weighted by molar-refractivity contribution is 7.99. The van der Waals surface area contributed by atoms with Gasteiger partial charge >= 0.3 is 0 Å². The van der Waals surface area contributed by atoms with Crippen LogP contribution in [0, 0.1) is 11.8 Å². The number of amides is 1. The first-order valence-electron chi connectivity index (χ1n) is 9.32. The summed E-state index contributed by atoms with van der Waals surface area (Å²) in [4.78, 5) is 17.8. The highest BCUT2D eigenvalue weighted by Crippen LogP contribution is 2.28. The summed E-state index contributed by atoms with van der Waals surface area (Å²) in [5, 5.41) is 3.44. The van der Waals surface area contributed by atoms with Crippen molar-refractivity contribution in [2.24, 2.45) is 11.8 Å². The van der Waals surface area contributed by atoms with Gasteiger partial charge in [0.05, 0.1) is 0 Å². The van der Waals surface area contributed by atoms with Gasteiger partial charge in [-0.25, -0.2) is 8.42 Å². The molecule has 1 amide bonds. The third-order valence-corrected chi connectivity index (χ3v) is 8.62. The van der Waals surface area contributed by atoms with Crippen molar-refractivity contribution in [1.82, 2.24) is 19.5 Å². The summed E-state index contributed by atoms with van der Waals surface area (Å²) < 4.78 is 27.0. The lowest BCUT2D eigenvalue weighted by molar-refractivity contribution is 0.0753. The van der Waals surface area contributed by atoms with E-state index in [2.05, 4.69) is 10.3 Å². The molecule has 0 aromatic carbocycles. The van der Waals surface area contributed by atoms with E-state index < -0.39 is 10.0 Å². The number of likely N-dealkylation sites (tertiary alicyclic amines) is 1. The maximum Gasteiger partial charge on any atom is 0.270 e. The topological polar surface area (TPSA) is 85.5 Å². The van der Waals surface area contributed by atoms with E-state index in [1.54, 1.807) is 11.8 Å². The fourth-order valence-electron chi connectivity index (χ4n) is 4.17. The highest BCUT2D eigenvalue weighted by atomic mass is 32.2. The molecule has 3 aliphatic heterocycles. The van der Waals surface area contributed by atoms with E-state index in [0.717, 1.165) is 50.5 Å². The minimum atomic E-state index is -3.52. The van der Waals surface area contributed by atoms with E-state index in [1.165, 1.54) is 16.6 Å². The van der Waals surface area contributed by atoms with Crippen molar-refractivity contribution in [1.29, 1.82) is 0 Å². The van der Waals surface area contributed by atoms with Crippen LogP contribution in [0.1, 0.15) is 23.3 Å². The third-order valence-electron chi connectivity index (χ3n) is 5.80. The van der Waals surface area contributed by atoms with Gasteiger partial charge < -0.3 is 15.2 Å². The van der Waals surface area contributed by atoms with Gasteiger partial charge in [0.2, 0.25) is 10.0 Å². The number of aromatic nitrogens is 1. The second kappa shape index (κ2) is 7.53. The van der Waals surface area contributed by atoms with Crippen LogP contribution in [0.15, 0.2) is 17.2 Å². The predicted octanol–water partition coefficient (Wildman–Crippen LogP) is 0.824. The second-order valence-electron chi connectivity index (χ2n) is 7.31. The van der Waals surface area contributed by atoms with Crippen LogP contribution in [-0.4, -0.2) is 79.3 Å². The molecule has 26 heavy (non-hydrogen) atoms. The van der Waals surface area contributed by atoms with E-state index in [1.807, 2.05) is 4.90 Å². The largest absolute Gasteiger partial charge is 0.356 e. The molecule has 0 spiro atoms. The molecular formula is C17H26N4O3S2. The number of H-pyrrole nitrogens is 1. The fourth-order valence-corrected chi connectivity index (χ4v) is 6.74. The first-order valence-corrected chi connectivity index (χ1v) is 11.9. The zero-order valence-corrected chi connectivity index (χ0v) is 16.4. The van der Waals surface area contributed by atoms with Gasteiger partial charge in [-0.2, -0.15) is 16.1 Å². The summed E-state index contributed by atoms with van der Waals surface area (Å²) >= 11 is 1.77. The SMILES string of the molecule is O=C(c1cc(S(=O)(=O)N2CCSCC2)c[nH]1)N1CC[C@@H]2CNC[C@@H]2CC1. The molecule has 1 aromatic rings. The number of rotatable bonds is 3. The van der Waals surface area contributed by atoms with Crippen LogP contribution in [-0.2, 0) is 10.0 Å². The Bertz CT molecular complexity index is 744. The Morgan fingerprint density at radius 1 is 1.08 bits per heavy atom. The van der Waals surface area contributed by atoms with Gasteiger partial charge in [0, 0.05) is 43.9 Å². The molecule has 0 radical (unpaired) electrons. The molecule has 144 valence electrons. The first-order chi connectivity index (χ1) is 12.6. The van der Waals surface area contributed by atoms with Crippen molar-refractivity contribution >= 4 is 27.7 Å².